The van der Waals surface area contributed by atoms with E-state index in [9.17, 15) is 0 Å². The number of nitrogens with zero attached hydrogens (tertiary/aromatic N) is 3. The maximum Gasteiger partial charge on any atom is 0.177 e. The van der Waals surface area contributed by atoms with Crippen molar-refractivity contribution < 1.29 is 4.42 Å². The summed E-state index contributed by atoms with van der Waals surface area (Å²) in [5.74, 6) is 1.63. The number of fused-ring (bicyclic) bond motifs is 3. The summed E-state index contributed by atoms with van der Waals surface area (Å²) < 4.78 is 8.71. The van der Waals surface area contributed by atoms with Crippen molar-refractivity contribution in [1.29, 1.82) is 0 Å². The number of rotatable bonds is 1. The topological polar surface area (TPSA) is 43.9 Å². The lowest BCUT2D eigenvalue weighted by Gasteiger charge is -1.99. The lowest BCUT2D eigenvalue weighted by Crippen LogP contribution is -1.91. The highest BCUT2D eigenvalue weighted by Crippen LogP contribution is 2.32. The molecule has 0 aliphatic heterocycles. The maximum absolute atomic E-state index is 5.45. The third kappa shape index (κ3) is 1.45. The van der Waals surface area contributed by atoms with Crippen molar-refractivity contribution in [2.75, 3.05) is 0 Å². The van der Waals surface area contributed by atoms with Gasteiger partial charge in [-0.2, -0.15) is 0 Å². The Balaban J connectivity index is 2.14. The first-order valence-electron chi connectivity index (χ1n) is 6.00. The number of aromatic nitrogens is 3. The van der Waals surface area contributed by atoms with Gasteiger partial charge in [-0.3, -0.25) is 0 Å². The van der Waals surface area contributed by atoms with Crippen molar-refractivity contribution in [1.82, 2.24) is 14.5 Å². The number of hydrogen-bond acceptors (Lipinski definition) is 4. The molecule has 3 aromatic heterocycles. The van der Waals surface area contributed by atoms with Gasteiger partial charge in [0.15, 0.2) is 11.6 Å². The Bertz CT molecular complexity index is 886. The Labute approximate surface area is 113 Å². The molecular formula is C14H11N3OS. The molecule has 0 spiro atoms. The van der Waals surface area contributed by atoms with Gasteiger partial charge in [0.1, 0.15) is 0 Å². The summed E-state index contributed by atoms with van der Waals surface area (Å²) in [6.45, 7) is 2.03. The van der Waals surface area contributed by atoms with Gasteiger partial charge < -0.3 is 8.98 Å². The molecule has 0 aliphatic rings. The van der Waals surface area contributed by atoms with E-state index in [0.29, 0.717) is 0 Å². The van der Waals surface area contributed by atoms with E-state index in [1.54, 1.807) is 17.6 Å². The van der Waals surface area contributed by atoms with Gasteiger partial charge in [-0.1, -0.05) is 0 Å². The average molecular weight is 269 g/mol. The van der Waals surface area contributed by atoms with E-state index < -0.39 is 0 Å². The second kappa shape index (κ2) is 3.68. The summed E-state index contributed by atoms with van der Waals surface area (Å²) in [4.78, 5) is 9.19. The predicted molar refractivity (Wildman–Crippen MR) is 76.3 cm³/mol. The van der Waals surface area contributed by atoms with Crippen LogP contribution < -0.4 is 0 Å². The fraction of sp³-hybridized carbons (Fsp3) is 0.143. The first-order valence-corrected chi connectivity index (χ1v) is 6.82. The molecule has 0 fully saturated rings. The first-order chi connectivity index (χ1) is 9.24. The zero-order chi connectivity index (χ0) is 13.0. The van der Waals surface area contributed by atoms with Gasteiger partial charge in [0, 0.05) is 7.05 Å². The van der Waals surface area contributed by atoms with Gasteiger partial charge in [0.05, 0.1) is 32.5 Å². The van der Waals surface area contributed by atoms with E-state index >= 15 is 0 Å². The van der Waals surface area contributed by atoms with Crippen LogP contribution in [0.4, 0.5) is 0 Å². The Morgan fingerprint density at radius 3 is 2.79 bits per heavy atom. The summed E-state index contributed by atoms with van der Waals surface area (Å²) in [7, 11) is 2.02. The molecule has 5 heteroatoms. The van der Waals surface area contributed by atoms with Crippen molar-refractivity contribution in [2.24, 2.45) is 7.05 Å². The van der Waals surface area contributed by atoms with E-state index in [1.165, 1.54) is 4.70 Å². The molecule has 0 amide bonds. The normalized spacial score (nSPS) is 11.7. The highest BCUT2D eigenvalue weighted by molar-refractivity contribution is 7.19. The number of thiazole rings is 1. The quantitative estimate of drug-likeness (QED) is 0.528. The van der Waals surface area contributed by atoms with Crippen LogP contribution in [0.3, 0.4) is 0 Å². The van der Waals surface area contributed by atoms with Crippen LogP contribution in [0, 0.1) is 6.92 Å². The summed E-state index contributed by atoms with van der Waals surface area (Å²) in [6, 6.07) is 7.85. The van der Waals surface area contributed by atoms with Gasteiger partial charge in [0.25, 0.3) is 0 Å². The number of hydrogen-bond donors (Lipinski definition) is 0. The number of benzene rings is 1. The molecule has 0 bridgehead atoms. The van der Waals surface area contributed by atoms with Gasteiger partial charge >= 0.3 is 0 Å². The third-order valence-electron chi connectivity index (χ3n) is 3.24. The van der Waals surface area contributed by atoms with Crippen molar-refractivity contribution in [3.8, 4) is 11.6 Å². The van der Waals surface area contributed by atoms with Gasteiger partial charge in [-0.15, -0.1) is 11.3 Å². The SMILES string of the molecule is Cc1nc2ccc3nc(-c4ccco4)n(C)c3c2s1. The second-order valence-corrected chi connectivity index (χ2v) is 5.69. The van der Waals surface area contributed by atoms with Crippen LogP contribution in [0.25, 0.3) is 32.8 Å². The molecule has 19 heavy (non-hydrogen) atoms. The molecule has 0 radical (unpaired) electrons. The molecule has 4 rings (SSSR count). The lowest BCUT2D eigenvalue weighted by atomic mass is 10.3. The van der Waals surface area contributed by atoms with Crippen LogP contribution in [-0.4, -0.2) is 14.5 Å². The van der Waals surface area contributed by atoms with Crippen molar-refractivity contribution in [3.05, 3.63) is 35.5 Å². The minimum absolute atomic E-state index is 0.785. The molecule has 0 saturated carbocycles. The Morgan fingerprint density at radius 2 is 2.00 bits per heavy atom. The number of imidazole rings is 1. The fourth-order valence-corrected chi connectivity index (χ4v) is 3.41. The Hall–Kier alpha value is -2.14. The summed E-state index contributed by atoms with van der Waals surface area (Å²) in [6.07, 6.45) is 1.67. The van der Waals surface area contributed by atoms with Crippen LogP contribution in [0.15, 0.2) is 34.9 Å². The fourth-order valence-electron chi connectivity index (χ4n) is 2.41. The van der Waals surface area contributed by atoms with Crippen LogP contribution in [0.5, 0.6) is 0 Å². The highest BCUT2D eigenvalue weighted by Gasteiger charge is 2.15. The summed E-state index contributed by atoms with van der Waals surface area (Å²) in [5.41, 5.74) is 3.13. The average Bonchev–Trinajstić information content (AvgIpc) is 3.06. The Morgan fingerprint density at radius 1 is 1.16 bits per heavy atom. The zero-order valence-electron chi connectivity index (χ0n) is 10.5. The van der Waals surface area contributed by atoms with Gasteiger partial charge in [-0.05, 0) is 31.2 Å². The van der Waals surface area contributed by atoms with Crippen molar-refractivity contribution in [3.63, 3.8) is 0 Å². The predicted octanol–water partition coefficient (Wildman–Crippen LogP) is 3.75. The van der Waals surface area contributed by atoms with Crippen molar-refractivity contribution >= 4 is 32.6 Å². The molecule has 3 heterocycles. The maximum atomic E-state index is 5.45. The summed E-state index contributed by atoms with van der Waals surface area (Å²) >= 11 is 1.70. The van der Waals surface area contributed by atoms with E-state index in [4.69, 9.17) is 4.42 Å². The smallest absolute Gasteiger partial charge is 0.177 e. The largest absolute Gasteiger partial charge is 0.461 e. The molecule has 4 aromatic rings. The van der Waals surface area contributed by atoms with E-state index in [-0.39, 0.29) is 0 Å². The van der Waals surface area contributed by atoms with Gasteiger partial charge in [-0.25, -0.2) is 9.97 Å². The van der Waals surface area contributed by atoms with E-state index in [0.717, 1.165) is 33.1 Å². The molecule has 0 atom stereocenters. The van der Waals surface area contributed by atoms with Crippen molar-refractivity contribution in [2.45, 2.75) is 6.92 Å². The minimum atomic E-state index is 0.785. The standard InChI is InChI=1S/C14H11N3OS/c1-8-15-10-6-5-9-12(13(10)19-8)17(2)14(16-9)11-4-3-7-18-11/h3-7H,1-2H3. The van der Waals surface area contributed by atoms with Crippen LogP contribution in [0.1, 0.15) is 5.01 Å². The van der Waals surface area contributed by atoms with Crippen LogP contribution >= 0.6 is 11.3 Å². The Kier molecular flexibility index (Phi) is 2.08. The molecule has 0 N–H and O–H groups in total. The highest BCUT2D eigenvalue weighted by atomic mass is 32.1. The second-order valence-electron chi connectivity index (χ2n) is 4.49. The summed E-state index contributed by atoms with van der Waals surface area (Å²) in [5, 5.41) is 1.07. The number of furan rings is 1. The van der Waals surface area contributed by atoms with Gasteiger partial charge in [0.2, 0.25) is 0 Å². The molecular weight excluding hydrogens is 258 g/mol. The molecule has 0 saturated heterocycles. The molecule has 0 aliphatic carbocycles. The zero-order valence-corrected chi connectivity index (χ0v) is 11.4. The van der Waals surface area contributed by atoms with E-state index in [2.05, 4.69) is 14.5 Å². The lowest BCUT2D eigenvalue weighted by molar-refractivity contribution is 0.574. The number of aryl methyl sites for hydroxylation is 2. The monoisotopic (exact) mass is 269 g/mol. The first kappa shape index (κ1) is 10.8. The van der Waals surface area contributed by atoms with Crippen LogP contribution in [0.2, 0.25) is 0 Å². The molecule has 94 valence electrons. The van der Waals surface area contributed by atoms with E-state index in [1.807, 2.05) is 38.2 Å². The minimum Gasteiger partial charge on any atom is -0.461 e. The van der Waals surface area contributed by atoms with Crippen LogP contribution in [-0.2, 0) is 7.05 Å². The molecule has 1 aromatic carbocycles. The molecule has 0 unspecified atom stereocenters. The molecule has 4 nitrogen and oxygen atoms in total. The third-order valence-corrected chi connectivity index (χ3v) is 4.23.